The summed E-state index contributed by atoms with van der Waals surface area (Å²) in [6.45, 7) is 1.14. The predicted molar refractivity (Wildman–Crippen MR) is 169 cm³/mol. The fraction of sp³-hybridized carbons (Fsp3) is 0.161. The van der Waals surface area contributed by atoms with Gasteiger partial charge < -0.3 is 9.47 Å². The summed E-state index contributed by atoms with van der Waals surface area (Å²) in [4.78, 5) is 41.5. The number of rotatable bonds is 8. The molecular formula is C31H19BrClF3N4O6S. The number of halogens is 5. The Bertz CT molecular complexity index is 2160. The number of nitro groups is 1. The summed E-state index contributed by atoms with van der Waals surface area (Å²) in [6.07, 6.45) is -3.81. The molecule has 1 aliphatic heterocycles. The van der Waals surface area contributed by atoms with E-state index in [9.17, 15) is 32.9 Å². The van der Waals surface area contributed by atoms with Gasteiger partial charge in [-0.25, -0.2) is 9.79 Å². The van der Waals surface area contributed by atoms with Crippen LogP contribution in [0, 0.1) is 21.4 Å². The lowest BCUT2D eigenvalue weighted by atomic mass is 9.95. The van der Waals surface area contributed by atoms with Crippen molar-refractivity contribution in [3.8, 4) is 11.8 Å². The molecule has 2 heterocycles. The van der Waals surface area contributed by atoms with Gasteiger partial charge in [-0.2, -0.15) is 18.4 Å². The summed E-state index contributed by atoms with van der Waals surface area (Å²) >= 11 is 9.90. The van der Waals surface area contributed by atoms with Crippen LogP contribution in [-0.2, 0) is 16.1 Å². The van der Waals surface area contributed by atoms with E-state index in [1.807, 2.05) is 6.07 Å². The Balaban J connectivity index is 1.64. The van der Waals surface area contributed by atoms with Gasteiger partial charge in [0.25, 0.3) is 5.56 Å². The minimum absolute atomic E-state index is 0.0574. The lowest BCUT2D eigenvalue weighted by molar-refractivity contribution is -0.386. The third-order valence-corrected chi connectivity index (χ3v) is 8.61. The van der Waals surface area contributed by atoms with Crippen molar-refractivity contribution in [1.82, 2.24) is 4.57 Å². The fourth-order valence-electron chi connectivity index (χ4n) is 4.74. The van der Waals surface area contributed by atoms with Gasteiger partial charge in [0.2, 0.25) is 5.75 Å². The van der Waals surface area contributed by atoms with Crippen molar-refractivity contribution in [1.29, 1.82) is 5.26 Å². The van der Waals surface area contributed by atoms with Crippen molar-refractivity contribution in [3.05, 3.63) is 133 Å². The number of allylic oxidation sites excluding steroid dienone is 1. The molecule has 5 rings (SSSR count). The Kier molecular flexibility index (Phi) is 9.66. The Labute approximate surface area is 280 Å². The molecule has 240 valence electrons. The van der Waals surface area contributed by atoms with Crippen molar-refractivity contribution in [2.75, 3.05) is 6.61 Å². The number of hydrogen-bond donors (Lipinski definition) is 0. The van der Waals surface area contributed by atoms with E-state index in [0.717, 1.165) is 10.6 Å². The van der Waals surface area contributed by atoms with Crippen molar-refractivity contribution in [3.63, 3.8) is 0 Å². The van der Waals surface area contributed by atoms with Crippen LogP contribution in [0.15, 0.2) is 86.2 Å². The monoisotopic (exact) mass is 746 g/mol. The smallest absolute Gasteiger partial charge is 0.434 e. The zero-order valence-corrected chi connectivity index (χ0v) is 27.0. The minimum Gasteiger partial charge on any atom is -0.481 e. The normalized spacial score (nSPS) is 14.7. The van der Waals surface area contributed by atoms with Gasteiger partial charge >= 0.3 is 17.8 Å². The van der Waals surface area contributed by atoms with Crippen molar-refractivity contribution < 1.29 is 32.4 Å². The number of thiazole rings is 1. The standard InChI is InChI=1S/C31H19BrClF3N4O6S/c1-2-45-29(42)24-25(19-7-9-20(33)10-8-19)39-28(41)23(47-30(39)38-27(24)31(34,35)36)13-18-11-21(32)26(22(12-18)40(43)44)46-15-17-5-3-16(14-37)4-6-17/h3-13,25H,2,15H2,1H3/b23-13-/t25-/m0/s1. The molecule has 47 heavy (non-hydrogen) atoms. The molecule has 0 aliphatic carbocycles. The van der Waals surface area contributed by atoms with E-state index in [1.165, 1.54) is 43.3 Å². The van der Waals surface area contributed by atoms with E-state index in [4.69, 9.17) is 26.3 Å². The Morgan fingerprint density at radius 1 is 1.21 bits per heavy atom. The third-order valence-electron chi connectivity index (χ3n) is 6.79. The SMILES string of the molecule is CCOC(=O)C1=C(C(F)(F)F)N=c2s/c(=C\c3cc(Br)c(OCc4ccc(C#N)cc4)c([N+](=O)[O-])c3)c(=O)n2[C@H]1c1ccc(Cl)cc1. The van der Waals surface area contributed by atoms with E-state index in [2.05, 4.69) is 20.9 Å². The molecule has 0 saturated heterocycles. The number of nitrogens with zero attached hydrogens (tertiary/aromatic N) is 4. The molecule has 1 atom stereocenters. The molecule has 0 fully saturated rings. The molecule has 0 N–H and O–H groups in total. The minimum atomic E-state index is -5.08. The van der Waals surface area contributed by atoms with Crippen molar-refractivity contribution in [2.45, 2.75) is 25.7 Å². The number of ether oxygens (including phenoxy) is 2. The van der Waals surface area contributed by atoms with Crippen LogP contribution < -0.4 is 19.6 Å². The molecule has 0 saturated carbocycles. The highest BCUT2D eigenvalue weighted by atomic mass is 79.9. The number of hydrogen-bond acceptors (Lipinski definition) is 9. The highest BCUT2D eigenvalue weighted by molar-refractivity contribution is 9.10. The largest absolute Gasteiger partial charge is 0.481 e. The fourth-order valence-corrected chi connectivity index (χ4v) is 6.45. The van der Waals surface area contributed by atoms with Gasteiger partial charge in [0.1, 0.15) is 6.61 Å². The van der Waals surface area contributed by atoms with Crippen LogP contribution in [0.25, 0.3) is 6.08 Å². The van der Waals surface area contributed by atoms with Crippen LogP contribution in [0.3, 0.4) is 0 Å². The van der Waals surface area contributed by atoms with Crippen LogP contribution in [0.1, 0.15) is 35.2 Å². The molecule has 1 aromatic heterocycles. The number of esters is 1. The highest BCUT2D eigenvalue weighted by Crippen LogP contribution is 2.39. The first-order chi connectivity index (χ1) is 22.3. The molecule has 10 nitrogen and oxygen atoms in total. The predicted octanol–water partition coefficient (Wildman–Crippen LogP) is 6.12. The average Bonchev–Trinajstić information content (AvgIpc) is 3.34. The zero-order chi connectivity index (χ0) is 34.0. The second kappa shape index (κ2) is 13.5. The summed E-state index contributed by atoms with van der Waals surface area (Å²) < 4.78 is 54.7. The second-order valence-corrected chi connectivity index (χ2v) is 12.1. The topological polar surface area (TPSA) is 137 Å². The van der Waals surface area contributed by atoms with Crippen molar-refractivity contribution >= 4 is 56.6 Å². The van der Waals surface area contributed by atoms with Gasteiger partial charge in [-0.05, 0) is 76.0 Å². The number of carbonyl (C=O) groups is 1. The van der Waals surface area contributed by atoms with Gasteiger partial charge in [-0.1, -0.05) is 47.2 Å². The zero-order valence-electron chi connectivity index (χ0n) is 23.9. The van der Waals surface area contributed by atoms with E-state index >= 15 is 0 Å². The summed E-state index contributed by atoms with van der Waals surface area (Å²) in [5, 5.41) is 21.3. The maximum Gasteiger partial charge on any atom is 0.434 e. The van der Waals surface area contributed by atoms with Gasteiger partial charge in [0.05, 0.1) is 43.8 Å². The number of nitriles is 1. The third kappa shape index (κ3) is 6.99. The maximum atomic E-state index is 14.3. The van der Waals surface area contributed by atoms with Crippen molar-refractivity contribution in [2.24, 2.45) is 4.99 Å². The number of benzene rings is 3. The van der Waals surface area contributed by atoms with Gasteiger partial charge in [0, 0.05) is 11.1 Å². The number of carbonyl (C=O) groups excluding carboxylic acids is 1. The first kappa shape index (κ1) is 33.6. The highest BCUT2D eigenvalue weighted by Gasteiger charge is 2.45. The number of alkyl halides is 3. The Morgan fingerprint density at radius 3 is 2.49 bits per heavy atom. The van der Waals surface area contributed by atoms with E-state index in [-0.39, 0.29) is 48.9 Å². The number of nitro benzene ring substituents is 1. The first-order valence-corrected chi connectivity index (χ1v) is 15.5. The van der Waals surface area contributed by atoms with E-state index in [1.54, 1.807) is 24.3 Å². The number of fused-ring (bicyclic) bond motifs is 1. The van der Waals surface area contributed by atoms with Crippen LogP contribution in [0.2, 0.25) is 5.02 Å². The molecule has 0 spiro atoms. The molecular weight excluding hydrogens is 729 g/mol. The second-order valence-electron chi connectivity index (χ2n) is 9.82. The van der Waals surface area contributed by atoms with E-state index < -0.39 is 45.6 Å². The van der Waals surface area contributed by atoms with Gasteiger partial charge in [-0.15, -0.1) is 0 Å². The average molecular weight is 748 g/mol. The summed E-state index contributed by atoms with van der Waals surface area (Å²) in [5.74, 6) is -1.40. The summed E-state index contributed by atoms with van der Waals surface area (Å²) in [6, 6.07) is 15.0. The Morgan fingerprint density at radius 2 is 1.89 bits per heavy atom. The Hall–Kier alpha value is -4.78. The van der Waals surface area contributed by atoms with Gasteiger partial charge in [0.15, 0.2) is 10.5 Å². The molecule has 0 radical (unpaired) electrons. The van der Waals surface area contributed by atoms with E-state index in [0.29, 0.717) is 22.5 Å². The molecule has 1 aliphatic rings. The quantitative estimate of drug-likeness (QED) is 0.120. The molecule has 0 bridgehead atoms. The molecule has 4 aromatic rings. The maximum absolute atomic E-state index is 14.3. The van der Waals surface area contributed by atoms with Crippen LogP contribution >= 0.6 is 38.9 Å². The van der Waals surface area contributed by atoms with Gasteiger partial charge in [-0.3, -0.25) is 19.5 Å². The first-order valence-electron chi connectivity index (χ1n) is 13.5. The lowest BCUT2D eigenvalue weighted by Gasteiger charge is -2.26. The van der Waals surface area contributed by atoms with Crippen LogP contribution in [-0.4, -0.2) is 28.2 Å². The number of aromatic nitrogens is 1. The lowest BCUT2D eigenvalue weighted by Crippen LogP contribution is -2.41. The van der Waals surface area contributed by atoms with Crippen LogP contribution in [0.4, 0.5) is 18.9 Å². The molecule has 0 amide bonds. The summed E-state index contributed by atoms with van der Waals surface area (Å²) in [5.41, 5.74) is -2.25. The van der Waals surface area contributed by atoms with Crippen LogP contribution in [0.5, 0.6) is 5.75 Å². The molecule has 0 unspecified atom stereocenters. The molecule has 3 aromatic carbocycles. The molecule has 16 heteroatoms. The summed E-state index contributed by atoms with van der Waals surface area (Å²) in [7, 11) is 0.